The molecule has 106 valence electrons. The van der Waals surface area contributed by atoms with Gasteiger partial charge in [0.25, 0.3) is 0 Å². The lowest BCUT2D eigenvalue weighted by atomic mass is 9.96. The molecule has 1 aromatic heterocycles. The molecule has 0 amide bonds. The first-order chi connectivity index (χ1) is 9.38. The van der Waals surface area contributed by atoms with Gasteiger partial charge in [-0.3, -0.25) is 0 Å². The van der Waals surface area contributed by atoms with Gasteiger partial charge in [0.2, 0.25) is 5.88 Å². The van der Waals surface area contributed by atoms with E-state index in [1.807, 2.05) is 20.8 Å². The molecule has 2 rings (SSSR count). The molecule has 0 N–H and O–H groups in total. The first-order valence-electron chi connectivity index (χ1n) is 6.08. The molecule has 0 radical (unpaired) electrons. The van der Waals surface area contributed by atoms with Gasteiger partial charge in [-0.15, -0.1) is 5.10 Å². The molecule has 0 fully saturated rings. The fourth-order valence-electron chi connectivity index (χ4n) is 1.44. The maximum absolute atomic E-state index is 6.44. The molecule has 2 aromatic rings. The monoisotopic (exact) mass is 311 g/mol. The van der Waals surface area contributed by atoms with Crippen LogP contribution in [-0.4, -0.2) is 15.0 Å². The van der Waals surface area contributed by atoms with Gasteiger partial charge >= 0.3 is 0 Å². The zero-order valence-corrected chi connectivity index (χ0v) is 13.0. The van der Waals surface area contributed by atoms with Crippen LogP contribution in [0.5, 0.6) is 5.75 Å². The van der Waals surface area contributed by atoms with Gasteiger partial charge in [-0.1, -0.05) is 49.2 Å². The highest BCUT2D eigenvalue weighted by Gasteiger charge is 2.23. The molecule has 20 heavy (non-hydrogen) atoms. The van der Waals surface area contributed by atoms with E-state index in [2.05, 4.69) is 10.3 Å². The van der Waals surface area contributed by atoms with Crippen LogP contribution in [0.2, 0.25) is 5.02 Å². The third-order valence-electron chi connectivity index (χ3n) is 2.51. The number of nitrogens with zero attached hydrogens (tertiary/aromatic N) is 3. The summed E-state index contributed by atoms with van der Waals surface area (Å²) in [4.78, 5) is 0. The van der Waals surface area contributed by atoms with Crippen LogP contribution in [-0.2, 0) is 0 Å². The number of allylic oxidation sites excluding steroid dienone is 1. The number of hydrogen-bond donors (Lipinski definition) is 0. The Labute approximate surface area is 128 Å². The molecular weight excluding hydrogens is 297 g/mol. The Hall–Kier alpha value is -1.52. The minimum absolute atomic E-state index is 0.269. The predicted octanol–water partition coefficient (Wildman–Crippen LogP) is 4.42. The van der Waals surface area contributed by atoms with Gasteiger partial charge < -0.3 is 4.74 Å². The van der Waals surface area contributed by atoms with Crippen molar-refractivity contribution in [3.05, 3.63) is 46.7 Å². The summed E-state index contributed by atoms with van der Waals surface area (Å²) in [5, 5.41) is 8.92. The van der Waals surface area contributed by atoms with Gasteiger partial charge in [0.05, 0.1) is 17.4 Å². The van der Waals surface area contributed by atoms with Gasteiger partial charge in [-0.05, 0) is 24.3 Å². The Morgan fingerprint density at radius 3 is 2.35 bits per heavy atom. The molecule has 0 spiro atoms. The lowest BCUT2D eigenvalue weighted by molar-refractivity contribution is 0.435. The molecule has 0 saturated heterocycles. The molecular formula is C14H15Cl2N3O. The predicted molar refractivity (Wildman–Crippen MR) is 80.6 cm³/mol. The van der Waals surface area contributed by atoms with E-state index in [-0.39, 0.29) is 5.41 Å². The summed E-state index contributed by atoms with van der Waals surface area (Å²) in [7, 11) is 0. The van der Waals surface area contributed by atoms with E-state index >= 15 is 0 Å². The Bertz CT molecular complexity index is 598. The number of ether oxygens (including phenoxy) is 1. The molecule has 6 heteroatoms. The summed E-state index contributed by atoms with van der Waals surface area (Å²) < 4.78 is 7.35. The van der Waals surface area contributed by atoms with Gasteiger partial charge in [-0.25, -0.2) is 0 Å². The maximum atomic E-state index is 6.44. The molecule has 1 heterocycles. The number of benzene rings is 1. The first-order valence-corrected chi connectivity index (χ1v) is 6.84. The number of rotatable bonds is 3. The molecule has 0 atom stereocenters. The molecule has 0 bridgehead atoms. The van der Waals surface area contributed by atoms with Gasteiger partial charge in [0.1, 0.15) is 5.75 Å². The van der Waals surface area contributed by atoms with Crippen LogP contribution < -0.4 is 4.74 Å². The Balaban J connectivity index is 2.41. The Kier molecular flexibility index (Phi) is 4.35. The van der Waals surface area contributed by atoms with Gasteiger partial charge in [0, 0.05) is 10.4 Å². The molecule has 4 nitrogen and oxygen atoms in total. The number of halogens is 2. The molecule has 0 aliphatic rings. The molecule has 0 aliphatic carbocycles. The summed E-state index contributed by atoms with van der Waals surface area (Å²) in [6, 6.07) is 7.04. The van der Waals surface area contributed by atoms with Crippen molar-refractivity contribution in [1.82, 2.24) is 15.0 Å². The third-order valence-corrected chi connectivity index (χ3v) is 3.49. The van der Waals surface area contributed by atoms with Crippen LogP contribution in [0, 0.1) is 5.41 Å². The van der Waals surface area contributed by atoms with E-state index in [0.29, 0.717) is 21.7 Å². The van der Waals surface area contributed by atoms with E-state index in [1.54, 1.807) is 36.7 Å². The largest absolute Gasteiger partial charge is 0.438 e. The lowest BCUT2D eigenvalue weighted by Crippen LogP contribution is -2.15. The number of hydrogen-bond acceptors (Lipinski definition) is 3. The van der Waals surface area contributed by atoms with E-state index in [1.165, 1.54) is 4.68 Å². The fourth-order valence-corrected chi connectivity index (χ4v) is 1.69. The quantitative estimate of drug-likeness (QED) is 0.788. The molecule has 1 aromatic carbocycles. The third kappa shape index (κ3) is 3.52. The van der Waals surface area contributed by atoms with E-state index in [0.717, 1.165) is 0 Å². The second kappa shape index (κ2) is 5.85. The highest BCUT2D eigenvalue weighted by Crippen LogP contribution is 2.34. The van der Waals surface area contributed by atoms with Crippen molar-refractivity contribution in [3.8, 4) is 5.75 Å². The summed E-state index contributed by atoms with van der Waals surface area (Å²) in [6.07, 6.45) is 3.25. The van der Waals surface area contributed by atoms with E-state index in [9.17, 15) is 0 Å². The average Bonchev–Trinajstić information content (AvgIpc) is 2.90. The zero-order valence-electron chi connectivity index (χ0n) is 11.5. The van der Waals surface area contributed by atoms with Crippen molar-refractivity contribution in [3.63, 3.8) is 0 Å². The Morgan fingerprint density at radius 1 is 1.20 bits per heavy atom. The van der Waals surface area contributed by atoms with Crippen molar-refractivity contribution in [1.29, 1.82) is 0 Å². The summed E-state index contributed by atoms with van der Waals surface area (Å²) in [6.45, 7) is 5.99. The van der Waals surface area contributed by atoms with Crippen molar-refractivity contribution in [2.24, 2.45) is 5.41 Å². The summed E-state index contributed by atoms with van der Waals surface area (Å²) in [5.41, 5.74) is -0.269. The normalized spacial score (nSPS) is 13.1. The minimum Gasteiger partial charge on any atom is -0.438 e. The smallest absolute Gasteiger partial charge is 0.237 e. The Morgan fingerprint density at radius 2 is 1.85 bits per heavy atom. The van der Waals surface area contributed by atoms with Crippen LogP contribution >= 0.6 is 23.2 Å². The van der Waals surface area contributed by atoms with Crippen molar-refractivity contribution < 1.29 is 4.74 Å². The average molecular weight is 312 g/mol. The van der Waals surface area contributed by atoms with Gasteiger partial charge in [0.15, 0.2) is 0 Å². The van der Waals surface area contributed by atoms with Crippen LogP contribution in [0.15, 0.2) is 41.7 Å². The topological polar surface area (TPSA) is 39.9 Å². The van der Waals surface area contributed by atoms with E-state index < -0.39 is 0 Å². The summed E-state index contributed by atoms with van der Waals surface area (Å²) >= 11 is 12.3. The minimum atomic E-state index is -0.269. The summed E-state index contributed by atoms with van der Waals surface area (Å²) in [5.74, 6) is 1.06. The van der Waals surface area contributed by atoms with Crippen LogP contribution in [0.4, 0.5) is 0 Å². The van der Waals surface area contributed by atoms with Crippen molar-refractivity contribution >= 4 is 29.1 Å². The van der Waals surface area contributed by atoms with Crippen LogP contribution in [0.25, 0.3) is 5.88 Å². The van der Waals surface area contributed by atoms with Crippen LogP contribution in [0.1, 0.15) is 20.8 Å². The highest BCUT2D eigenvalue weighted by atomic mass is 35.5. The zero-order chi connectivity index (χ0) is 14.8. The van der Waals surface area contributed by atoms with Crippen molar-refractivity contribution in [2.75, 3.05) is 0 Å². The number of aromatic nitrogens is 3. The molecule has 0 unspecified atom stereocenters. The fraction of sp³-hybridized carbons (Fsp3) is 0.286. The van der Waals surface area contributed by atoms with E-state index in [4.69, 9.17) is 27.9 Å². The molecule has 0 saturated carbocycles. The standard InChI is InChI=1S/C14H15Cl2N3O/c1-14(2,3)12(16)13(19-9-8-17-18-19)20-11-6-4-10(15)5-7-11/h4-9H,1-3H3/b13-12+. The SMILES string of the molecule is CC(C)(C)/C(Cl)=C(\Oc1ccc(Cl)cc1)n1ccnn1. The first kappa shape index (κ1) is 14.9. The lowest BCUT2D eigenvalue weighted by Gasteiger charge is -2.21. The van der Waals surface area contributed by atoms with Gasteiger partial charge in [-0.2, -0.15) is 4.68 Å². The maximum Gasteiger partial charge on any atom is 0.237 e. The highest BCUT2D eigenvalue weighted by molar-refractivity contribution is 6.32. The van der Waals surface area contributed by atoms with Crippen LogP contribution in [0.3, 0.4) is 0 Å². The molecule has 0 aliphatic heterocycles. The second-order valence-electron chi connectivity index (χ2n) is 5.27. The second-order valence-corrected chi connectivity index (χ2v) is 6.09. The van der Waals surface area contributed by atoms with Crippen molar-refractivity contribution in [2.45, 2.75) is 20.8 Å².